The van der Waals surface area contributed by atoms with Gasteiger partial charge in [0.2, 0.25) is 5.91 Å². The number of aliphatic hydroxyl groups is 1. The number of rotatable bonds is 7. The molecule has 1 aliphatic heterocycles. The van der Waals surface area contributed by atoms with Crippen molar-refractivity contribution >= 4 is 5.91 Å². The van der Waals surface area contributed by atoms with Crippen molar-refractivity contribution in [3.05, 3.63) is 41.7 Å². The van der Waals surface area contributed by atoms with Crippen LogP contribution in [0.15, 0.2) is 35.0 Å². The van der Waals surface area contributed by atoms with Gasteiger partial charge in [-0.2, -0.15) is 0 Å². The number of piperidine rings is 1. The Labute approximate surface area is 152 Å². The van der Waals surface area contributed by atoms with Gasteiger partial charge in [0.15, 0.2) is 0 Å². The van der Waals surface area contributed by atoms with Gasteiger partial charge in [-0.3, -0.25) is 4.79 Å². The summed E-state index contributed by atoms with van der Waals surface area (Å²) >= 11 is 0. The van der Waals surface area contributed by atoms with Crippen molar-refractivity contribution in [3.8, 4) is 5.75 Å². The van der Waals surface area contributed by atoms with Crippen LogP contribution >= 0.6 is 0 Å². The standard InChI is InChI=1S/C19H25N3O4/c1-15-17(21-26-20-15)12-18(24)22-10-5-8-19(13-22,14-23)9-11-25-16-6-3-2-4-7-16/h2-4,6-7,23H,5,8-14H2,1H3/t19-/m0/s1. The Balaban J connectivity index is 1.57. The maximum Gasteiger partial charge on any atom is 0.228 e. The number of hydrogen-bond acceptors (Lipinski definition) is 6. The number of aryl methyl sites for hydroxylation is 1. The van der Waals surface area contributed by atoms with Gasteiger partial charge in [-0.15, -0.1) is 0 Å². The molecule has 1 fully saturated rings. The van der Waals surface area contributed by atoms with E-state index in [0.717, 1.165) is 18.6 Å². The van der Waals surface area contributed by atoms with Gasteiger partial charge >= 0.3 is 0 Å². The lowest BCUT2D eigenvalue weighted by Crippen LogP contribution is -2.49. The predicted octanol–water partition coefficient (Wildman–Crippen LogP) is 1.99. The lowest BCUT2D eigenvalue weighted by atomic mass is 9.78. The molecule has 1 amide bonds. The molecular weight excluding hydrogens is 334 g/mol. The molecule has 7 heteroatoms. The first-order valence-electron chi connectivity index (χ1n) is 8.96. The normalized spacial score (nSPS) is 20.2. The highest BCUT2D eigenvalue weighted by atomic mass is 16.6. The number of benzene rings is 1. The third-order valence-electron chi connectivity index (χ3n) is 5.06. The Morgan fingerprint density at radius 1 is 1.35 bits per heavy atom. The maximum atomic E-state index is 12.6. The van der Waals surface area contributed by atoms with Crippen molar-refractivity contribution in [1.29, 1.82) is 0 Å². The largest absolute Gasteiger partial charge is 0.494 e. The second-order valence-corrected chi connectivity index (χ2v) is 6.96. The first kappa shape index (κ1) is 18.4. The van der Waals surface area contributed by atoms with Crippen molar-refractivity contribution in [2.24, 2.45) is 5.41 Å². The van der Waals surface area contributed by atoms with Gasteiger partial charge in [0, 0.05) is 18.5 Å². The SMILES string of the molecule is Cc1nonc1CC(=O)N1CCC[C@](CO)(CCOc2ccccc2)C1. The van der Waals surface area contributed by atoms with Gasteiger partial charge in [0.1, 0.15) is 17.1 Å². The third kappa shape index (κ3) is 4.40. The number of nitrogens with zero attached hydrogens (tertiary/aromatic N) is 3. The Hall–Kier alpha value is -2.41. The van der Waals surface area contributed by atoms with Crippen LogP contribution in [0, 0.1) is 12.3 Å². The molecule has 3 rings (SSSR count). The Kier molecular flexibility index (Phi) is 5.88. The molecule has 1 N–H and O–H groups in total. The number of hydrogen-bond donors (Lipinski definition) is 1. The molecule has 0 saturated carbocycles. The fraction of sp³-hybridized carbons (Fsp3) is 0.526. The van der Waals surface area contributed by atoms with Gasteiger partial charge in [0.05, 0.1) is 19.6 Å². The molecule has 26 heavy (non-hydrogen) atoms. The molecule has 1 aromatic carbocycles. The third-order valence-corrected chi connectivity index (χ3v) is 5.06. The molecule has 0 aliphatic carbocycles. The summed E-state index contributed by atoms with van der Waals surface area (Å²) in [4.78, 5) is 14.4. The summed E-state index contributed by atoms with van der Waals surface area (Å²) < 4.78 is 10.5. The molecule has 7 nitrogen and oxygen atoms in total. The molecule has 2 heterocycles. The van der Waals surface area contributed by atoms with Crippen LogP contribution < -0.4 is 4.74 Å². The van der Waals surface area contributed by atoms with Gasteiger partial charge in [-0.05, 0) is 38.3 Å². The van der Waals surface area contributed by atoms with Crippen LogP contribution in [0.5, 0.6) is 5.75 Å². The number of carbonyl (C=O) groups excluding carboxylic acids is 1. The number of ether oxygens (including phenoxy) is 1. The molecule has 140 valence electrons. The number of aromatic nitrogens is 2. The van der Waals surface area contributed by atoms with Crippen LogP contribution in [-0.2, 0) is 11.2 Å². The maximum absolute atomic E-state index is 12.6. The average Bonchev–Trinajstić information content (AvgIpc) is 3.07. The highest BCUT2D eigenvalue weighted by Gasteiger charge is 2.36. The van der Waals surface area contributed by atoms with Gasteiger partial charge in [0.25, 0.3) is 0 Å². The smallest absolute Gasteiger partial charge is 0.228 e. The number of amides is 1. The minimum absolute atomic E-state index is 0.00898. The van der Waals surface area contributed by atoms with Crippen molar-refractivity contribution in [3.63, 3.8) is 0 Å². The molecular formula is C19H25N3O4. The quantitative estimate of drug-likeness (QED) is 0.813. The zero-order chi connectivity index (χ0) is 18.4. The second kappa shape index (κ2) is 8.31. The van der Waals surface area contributed by atoms with Crippen LogP contribution in [0.2, 0.25) is 0 Å². The van der Waals surface area contributed by atoms with E-state index in [4.69, 9.17) is 4.74 Å². The van der Waals surface area contributed by atoms with Crippen molar-refractivity contribution in [2.45, 2.75) is 32.6 Å². The van der Waals surface area contributed by atoms with Crippen LogP contribution in [0.25, 0.3) is 0 Å². The molecule has 0 bridgehead atoms. The molecule has 1 atom stereocenters. The zero-order valence-electron chi connectivity index (χ0n) is 15.1. The van der Waals surface area contributed by atoms with E-state index in [0.29, 0.717) is 37.5 Å². The van der Waals surface area contributed by atoms with E-state index in [9.17, 15) is 9.90 Å². The summed E-state index contributed by atoms with van der Waals surface area (Å²) in [5.74, 6) is 0.809. The lowest BCUT2D eigenvalue weighted by molar-refractivity contribution is -0.135. The molecule has 0 spiro atoms. The van der Waals surface area contributed by atoms with Gasteiger partial charge < -0.3 is 14.7 Å². The second-order valence-electron chi connectivity index (χ2n) is 6.96. The number of carbonyl (C=O) groups is 1. The van der Waals surface area contributed by atoms with Crippen molar-refractivity contribution in [2.75, 3.05) is 26.3 Å². The molecule has 0 radical (unpaired) electrons. The highest BCUT2D eigenvalue weighted by molar-refractivity contribution is 5.78. The first-order valence-corrected chi connectivity index (χ1v) is 8.96. The molecule has 1 aliphatic rings. The summed E-state index contributed by atoms with van der Waals surface area (Å²) in [5, 5.41) is 17.5. The van der Waals surface area contributed by atoms with Crippen molar-refractivity contribution in [1.82, 2.24) is 15.2 Å². The monoisotopic (exact) mass is 359 g/mol. The van der Waals surface area contributed by atoms with E-state index in [1.807, 2.05) is 35.2 Å². The molecule has 1 saturated heterocycles. The zero-order valence-corrected chi connectivity index (χ0v) is 15.1. The fourth-order valence-electron chi connectivity index (χ4n) is 3.40. The van der Waals surface area contributed by atoms with E-state index in [-0.39, 0.29) is 24.3 Å². The van der Waals surface area contributed by atoms with Crippen LogP contribution in [-0.4, -0.2) is 52.5 Å². The minimum atomic E-state index is -0.320. The molecule has 1 aromatic heterocycles. The van der Waals surface area contributed by atoms with Gasteiger partial charge in [-0.25, -0.2) is 4.63 Å². The Morgan fingerprint density at radius 2 is 2.15 bits per heavy atom. The van der Waals surface area contributed by atoms with Crippen LogP contribution in [0.1, 0.15) is 30.7 Å². The minimum Gasteiger partial charge on any atom is -0.494 e. The van der Waals surface area contributed by atoms with E-state index >= 15 is 0 Å². The summed E-state index contributed by atoms with van der Waals surface area (Å²) in [7, 11) is 0. The number of aliphatic hydroxyl groups excluding tert-OH is 1. The van der Waals surface area contributed by atoms with E-state index in [1.54, 1.807) is 6.92 Å². The van der Waals surface area contributed by atoms with E-state index < -0.39 is 0 Å². The lowest BCUT2D eigenvalue weighted by Gasteiger charge is -2.41. The number of para-hydroxylation sites is 1. The summed E-state index contributed by atoms with van der Waals surface area (Å²) in [6.45, 7) is 3.56. The van der Waals surface area contributed by atoms with Gasteiger partial charge in [-0.1, -0.05) is 28.5 Å². The fourth-order valence-corrected chi connectivity index (χ4v) is 3.40. The number of likely N-dealkylation sites (tertiary alicyclic amines) is 1. The first-order chi connectivity index (χ1) is 12.6. The average molecular weight is 359 g/mol. The van der Waals surface area contributed by atoms with Crippen LogP contribution in [0.4, 0.5) is 0 Å². The van der Waals surface area contributed by atoms with E-state index in [1.165, 1.54) is 0 Å². The highest BCUT2D eigenvalue weighted by Crippen LogP contribution is 2.33. The Bertz CT molecular complexity index is 719. The predicted molar refractivity (Wildman–Crippen MR) is 94.6 cm³/mol. The Morgan fingerprint density at radius 3 is 2.85 bits per heavy atom. The summed E-state index contributed by atoms with van der Waals surface area (Å²) in [6.07, 6.45) is 2.63. The summed E-state index contributed by atoms with van der Waals surface area (Å²) in [6, 6.07) is 9.63. The molecule has 0 unspecified atom stereocenters. The topological polar surface area (TPSA) is 88.7 Å². The summed E-state index contributed by atoms with van der Waals surface area (Å²) in [5.41, 5.74) is 0.891. The van der Waals surface area contributed by atoms with Crippen molar-refractivity contribution < 1.29 is 19.3 Å². The van der Waals surface area contributed by atoms with E-state index in [2.05, 4.69) is 14.9 Å². The van der Waals surface area contributed by atoms with Crippen LogP contribution in [0.3, 0.4) is 0 Å². The molecule has 2 aromatic rings.